The lowest BCUT2D eigenvalue weighted by Crippen LogP contribution is -2.40. The second-order valence-corrected chi connectivity index (χ2v) is 8.65. The number of hydrogen-bond acceptors (Lipinski definition) is 4. The molecule has 7 heteroatoms. The van der Waals surface area contributed by atoms with Crippen molar-refractivity contribution in [2.45, 2.75) is 38.6 Å². The van der Waals surface area contributed by atoms with E-state index in [1.54, 1.807) is 6.20 Å². The summed E-state index contributed by atoms with van der Waals surface area (Å²) < 4.78 is 2.11. The zero-order valence-corrected chi connectivity index (χ0v) is 18.1. The van der Waals surface area contributed by atoms with Gasteiger partial charge in [-0.1, -0.05) is 24.3 Å². The number of carbonyl (C=O) groups is 1. The van der Waals surface area contributed by atoms with Crippen molar-refractivity contribution in [3.05, 3.63) is 53.9 Å². The third kappa shape index (κ3) is 3.24. The van der Waals surface area contributed by atoms with E-state index in [1.165, 1.54) is 5.69 Å². The number of nitrogen functional groups attached to an aromatic ring is 1. The van der Waals surface area contributed by atoms with Gasteiger partial charge in [-0.05, 0) is 49.9 Å². The van der Waals surface area contributed by atoms with Gasteiger partial charge in [-0.2, -0.15) is 5.10 Å². The molecule has 160 valence electrons. The van der Waals surface area contributed by atoms with Crippen molar-refractivity contribution in [3.8, 4) is 22.4 Å². The van der Waals surface area contributed by atoms with E-state index in [1.807, 2.05) is 24.0 Å². The number of pyridine rings is 1. The predicted octanol–water partition coefficient (Wildman–Crippen LogP) is 3.58. The number of anilines is 1. The topological polar surface area (TPSA) is 89.1 Å². The van der Waals surface area contributed by atoms with Gasteiger partial charge in [0.05, 0.1) is 5.69 Å². The normalized spacial score (nSPS) is 19.7. The summed E-state index contributed by atoms with van der Waals surface area (Å²) in [4.78, 5) is 18.7. The van der Waals surface area contributed by atoms with Gasteiger partial charge in [0.25, 0.3) is 0 Å². The molecule has 1 spiro atoms. The molecule has 2 aliphatic heterocycles. The van der Waals surface area contributed by atoms with Gasteiger partial charge in [-0.25, -0.2) is 9.78 Å². The van der Waals surface area contributed by atoms with E-state index in [9.17, 15) is 4.79 Å². The fourth-order valence-electron chi connectivity index (χ4n) is 5.03. The van der Waals surface area contributed by atoms with E-state index < -0.39 is 0 Å². The minimum Gasteiger partial charge on any atom is -0.383 e. The van der Waals surface area contributed by atoms with Crippen LogP contribution in [0.25, 0.3) is 22.4 Å². The number of nitrogens with zero attached hydrogens (tertiary/aromatic N) is 4. The highest BCUT2D eigenvalue weighted by molar-refractivity contribution is 5.80. The summed E-state index contributed by atoms with van der Waals surface area (Å²) in [5.74, 6) is 0.523. The van der Waals surface area contributed by atoms with E-state index >= 15 is 0 Å². The molecule has 0 bridgehead atoms. The van der Waals surface area contributed by atoms with Crippen molar-refractivity contribution in [2.75, 3.05) is 25.4 Å². The van der Waals surface area contributed by atoms with Gasteiger partial charge >= 0.3 is 6.03 Å². The fourth-order valence-corrected chi connectivity index (χ4v) is 5.03. The summed E-state index contributed by atoms with van der Waals surface area (Å²) in [7, 11) is 0. The van der Waals surface area contributed by atoms with Crippen molar-refractivity contribution < 1.29 is 4.79 Å². The van der Waals surface area contributed by atoms with Crippen LogP contribution in [-0.2, 0) is 12.0 Å². The van der Waals surface area contributed by atoms with Crippen LogP contribution in [0.1, 0.15) is 31.0 Å². The molecule has 1 saturated heterocycles. The van der Waals surface area contributed by atoms with E-state index in [4.69, 9.17) is 10.8 Å². The van der Waals surface area contributed by atoms with Crippen LogP contribution in [0.2, 0.25) is 0 Å². The summed E-state index contributed by atoms with van der Waals surface area (Å²) in [5.41, 5.74) is 12.5. The standard InChI is InChI=1S/C24H28N6O/c1-3-26-23(31)29-10-8-24(15-29)9-11-30-21(24)13-20(28-30)17-12-19(22(25)27-14-17)18-7-5-4-6-16(18)2/h4-7,12-14H,3,8-11,15H2,1-2H3,(H2,25,27)(H,26,31)/t24-/m1/s1. The first kappa shape index (κ1) is 19.6. The molecule has 4 heterocycles. The summed E-state index contributed by atoms with van der Waals surface area (Å²) in [5, 5.41) is 7.81. The Labute approximate surface area is 182 Å². The van der Waals surface area contributed by atoms with Gasteiger partial charge in [0.2, 0.25) is 0 Å². The van der Waals surface area contributed by atoms with Crippen molar-refractivity contribution in [3.63, 3.8) is 0 Å². The molecular formula is C24H28N6O. The third-order valence-corrected chi connectivity index (χ3v) is 6.74. The Morgan fingerprint density at radius 3 is 2.81 bits per heavy atom. The molecule has 0 unspecified atom stereocenters. The molecule has 31 heavy (non-hydrogen) atoms. The summed E-state index contributed by atoms with van der Waals surface area (Å²) >= 11 is 0. The van der Waals surface area contributed by atoms with E-state index in [2.05, 4.69) is 46.2 Å². The lowest BCUT2D eigenvalue weighted by atomic mass is 9.82. The van der Waals surface area contributed by atoms with Crippen molar-refractivity contribution in [2.24, 2.45) is 0 Å². The maximum absolute atomic E-state index is 12.3. The first-order chi connectivity index (χ1) is 15.0. The molecule has 2 amide bonds. The van der Waals surface area contributed by atoms with E-state index in [-0.39, 0.29) is 11.4 Å². The van der Waals surface area contributed by atoms with E-state index in [0.717, 1.165) is 60.4 Å². The minimum atomic E-state index is -0.00356. The Bertz CT molecular complexity index is 1150. The average Bonchev–Trinajstić information content (AvgIpc) is 3.46. The average molecular weight is 417 g/mol. The van der Waals surface area contributed by atoms with Crippen LogP contribution in [0.4, 0.5) is 10.6 Å². The van der Waals surface area contributed by atoms with Crippen LogP contribution in [0.3, 0.4) is 0 Å². The lowest BCUT2D eigenvalue weighted by Gasteiger charge is -2.23. The van der Waals surface area contributed by atoms with Crippen molar-refractivity contribution in [1.29, 1.82) is 0 Å². The lowest BCUT2D eigenvalue weighted by molar-refractivity contribution is 0.206. The summed E-state index contributed by atoms with van der Waals surface area (Å²) in [6.45, 7) is 7.10. The zero-order valence-electron chi connectivity index (χ0n) is 18.1. The van der Waals surface area contributed by atoms with Gasteiger partial charge in [0.15, 0.2) is 0 Å². The number of amides is 2. The van der Waals surface area contributed by atoms with E-state index in [0.29, 0.717) is 12.4 Å². The van der Waals surface area contributed by atoms with Crippen LogP contribution < -0.4 is 11.1 Å². The number of rotatable bonds is 3. The second kappa shape index (κ2) is 7.41. The molecule has 3 N–H and O–H groups in total. The Kier molecular flexibility index (Phi) is 4.68. The highest BCUT2D eigenvalue weighted by Crippen LogP contribution is 2.44. The van der Waals surface area contributed by atoms with Gasteiger partial charge < -0.3 is 16.0 Å². The predicted molar refractivity (Wildman–Crippen MR) is 122 cm³/mol. The molecule has 0 saturated carbocycles. The molecule has 0 aliphatic carbocycles. The zero-order chi connectivity index (χ0) is 21.6. The number of fused-ring (bicyclic) bond motifs is 2. The van der Waals surface area contributed by atoms with Gasteiger partial charge in [0, 0.05) is 54.6 Å². The van der Waals surface area contributed by atoms with Gasteiger partial charge in [-0.3, -0.25) is 4.68 Å². The molecule has 2 aromatic heterocycles. The fraction of sp³-hybridized carbons (Fsp3) is 0.375. The summed E-state index contributed by atoms with van der Waals surface area (Å²) in [6.07, 6.45) is 3.81. The number of nitrogens with two attached hydrogens (primary N) is 1. The number of likely N-dealkylation sites (tertiary alicyclic amines) is 1. The van der Waals surface area contributed by atoms with Crippen molar-refractivity contribution >= 4 is 11.8 Å². The number of urea groups is 1. The molecular weight excluding hydrogens is 388 g/mol. The molecule has 3 aromatic rings. The number of aryl methyl sites for hydroxylation is 2. The number of benzene rings is 1. The molecule has 2 aliphatic rings. The highest BCUT2D eigenvalue weighted by atomic mass is 16.2. The smallest absolute Gasteiger partial charge is 0.317 e. The number of aromatic nitrogens is 3. The monoisotopic (exact) mass is 416 g/mol. The Morgan fingerprint density at radius 2 is 2.00 bits per heavy atom. The van der Waals surface area contributed by atoms with Crippen LogP contribution in [-0.4, -0.2) is 45.3 Å². The molecule has 1 aromatic carbocycles. The molecule has 5 rings (SSSR count). The second-order valence-electron chi connectivity index (χ2n) is 8.65. The molecule has 0 radical (unpaired) electrons. The van der Waals surface area contributed by atoms with Crippen LogP contribution >= 0.6 is 0 Å². The largest absolute Gasteiger partial charge is 0.383 e. The first-order valence-corrected chi connectivity index (χ1v) is 10.9. The highest BCUT2D eigenvalue weighted by Gasteiger charge is 2.46. The number of nitrogens with one attached hydrogen (secondary N) is 1. The third-order valence-electron chi connectivity index (χ3n) is 6.74. The maximum atomic E-state index is 12.3. The number of hydrogen-bond donors (Lipinski definition) is 2. The van der Waals surface area contributed by atoms with Crippen molar-refractivity contribution in [1.82, 2.24) is 25.0 Å². The molecule has 1 atom stereocenters. The Hall–Kier alpha value is -3.35. The Morgan fingerprint density at radius 1 is 1.19 bits per heavy atom. The number of carbonyl (C=O) groups excluding carboxylic acids is 1. The van der Waals surface area contributed by atoms with Crippen LogP contribution in [0.5, 0.6) is 0 Å². The molecule has 1 fully saturated rings. The summed E-state index contributed by atoms with van der Waals surface area (Å²) in [6, 6.07) is 12.5. The van der Waals surface area contributed by atoms with Crippen LogP contribution in [0, 0.1) is 6.92 Å². The Balaban J connectivity index is 1.47. The quantitative estimate of drug-likeness (QED) is 0.683. The molecule has 7 nitrogen and oxygen atoms in total. The first-order valence-electron chi connectivity index (χ1n) is 10.9. The van der Waals surface area contributed by atoms with Gasteiger partial charge in [0.1, 0.15) is 5.82 Å². The maximum Gasteiger partial charge on any atom is 0.317 e. The SMILES string of the molecule is CCNC(=O)N1CC[C@@]2(CCn3nc(-c4cnc(N)c(-c5ccccc5C)c4)cc32)C1. The van der Waals surface area contributed by atoms with Crippen LogP contribution in [0.15, 0.2) is 42.6 Å². The van der Waals surface area contributed by atoms with Gasteiger partial charge in [-0.15, -0.1) is 0 Å². The minimum absolute atomic E-state index is 0.00356.